The number of hydrogen-bond donors (Lipinski definition) is 1. The molecule has 2 aliphatic rings. The summed E-state index contributed by atoms with van der Waals surface area (Å²) in [6, 6.07) is 2.25. The van der Waals surface area contributed by atoms with Crippen LogP contribution in [-0.2, 0) is 14.3 Å². The number of rotatable bonds is 7. The fourth-order valence-corrected chi connectivity index (χ4v) is 3.65. The summed E-state index contributed by atoms with van der Waals surface area (Å²) in [5.41, 5.74) is -0.949. The normalized spacial score (nSPS) is 26.5. The number of carbonyl (C=O) groups excluding carboxylic acids is 1. The molecule has 0 aromatic heterocycles. The van der Waals surface area contributed by atoms with Crippen molar-refractivity contribution in [3.63, 3.8) is 0 Å². The molecule has 0 spiro atoms. The van der Waals surface area contributed by atoms with Gasteiger partial charge in [-0.15, -0.1) is 0 Å². The number of amides is 1. The molecule has 2 heterocycles. The summed E-state index contributed by atoms with van der Waals surface area (Å²) in [5.74, 6) is 0.194. The summed E-state index contributed by atoms with van der Waals surface area (Å²) in [7, 11) is 3.70. The lowest BCUT2D eigenvalue weighted by Crippen LogP contribution is -2.45. The van der Waals surface area contributed by atoms with E-state index in [4.69, 9.17) is 9.47 Å². The van der Waals surface area contributed by atoms with E-state index in [0.29, 0.717) is 45.8 Å². The lowest BCUT2D eigenvalue weighted by molar-refractivity contribution is -0.142. The Bertz CT molecular complexity index is 459. The fourth-order valence-electron chi connectivity index (χ4n) is 3.65. The second kappa shape index (κ2) is 8.77. The number of nitriles is 1. The van der Waals surface area contributed by atoms with E-state index >= 15 is 0 Å². The number of likely N-dealkylation sites (tertiary alicyclic amines) is 1. The summed E-state index contributed by atoms with van der Waals surface area (Å²) < 4.78 is 10.4. The van der Waals surface area contributed by atoms with Crippen LogP contribution >= 0.6 is 0 Å². The van der Waals surface area contributed by atoms with Gasteiger partial charge in [0.25, 0.3) is 0 Å². The Morgan fingerprint density at radius 1 is 1.42 bits per heavy atom. The summed E-state index contributed by atoms with van der Waals surface area (Å²) in [5, 5.41) is 19.3. The summed E-state index contributed by atoms with van der Waals surface area (Å²) in [6.45, 7) is 4.40. The highest BCUT2D eigenvalue weighted by Gasteiger charge is 2.46. The highest BCUT2D eigenvalue weighted by atomic mass is 16.5. The molecule has 0 saturated carbocycles. The third-order valence-electron chi connectivity index (χ3n) is 5.29. The molecule has 24 heavy (non-hydrogen) atoms. The molecular formula is C17H29N3O4. The molecule has 7 nitrogen and oxygen atoms in total. The van der Waals surface area contributed by atoms with Crippen LogP contribution in [-0.4, -0.2) is 87.6 Å². The van der Waals surface area contributed by atoms with Crippen LogP contribution in [0.15, 0.2) is 0 Å². The van der Waals surface area contributed by atoms with E-state index in [9.17, 15) is 15.2 Å². The van der Waals surface area contributed by atoms with Crippen molar-refractivity contribution in [2.45, 2.75) is 12.8 Å². The van der Waals surface area contributed by atoms with Gasteiger partial charge in [-0.3, -0.25) is 4.79 Å². The van der Waals surface area contributed by atoms with Crippen molar-refractivity contribution in [3.8, 4) is 6.07 Å². The molecule has 136 valence electrons. The van der Waals surface area contributed by atoms with Gasteiger partial charge in [0.05, 0.1) is 12.7 Å². The first-order chi connectivity index (χ1) is 11.6. The van der Waals surface area contributed by atoms with Crippen LogP contribution in [0.4, 0.5) is 0 Å². The molecule has 1 N–H and O–H groups in total. The highest BCUT2D eigenvalue weighted by molar-refractivity contribution is 5.86. The van der Waals surface area contributed by atoms with Crippen molar-refractivity contribution < 1.29 is 19.4 Å². The van der Waals surface area contributed by atoms with Gasteiger partial charge in [-0.2, -0.15) is 5.26 Å². The monoisotopic (exact) mass is 339 g/mol. The second-order valence-corrected chi connectivity index (χ2v) is 6.97. The van der Waals surface area contributed by atoms with Gasteiger partial charge < -0.3 is 24.4 Å². The van der Waals surface area contributed by atoms with E-state index in [1.165, 1.54) is 0 Å². The number of aliphatic hydroxyl groups is 1. The maximum absolute atomic E-state index is 13.0. The van der Waals surface area contributed by atoms with Gasteiger partial charge in [0.15, 0.2) is 0 Å². The number of hydrogen-bond acceptors (Lipinski definition) is 6. The van der Waals surface area contributed by atoms with E-state index in [1.54, 1.807) is 12.0 Å². The van der Waals surface area contributed by atoms with Gasteiger partial charge in [-0.05, 0) is 25.8 Å². The third kappa shape index (κ3) is 4.25. The number of aliphatic hydroxyl groups excluding tert-OH is 1. The molecule has 2 atom stereocenters. The Hall–Kier alpha value is -1.20. The number of nitrogens with zero attached hydrogens (tertiary/aromatic N) is 3. The summed E-state index contributed by atoms with van der Waals surface area (Å²) in [6.07, 6.45) is 0.919. The zero-order valence-corrected chi connectivity index (χ0v) is 14.7. The van der Waals surface area contributed by atoms with E-state index in [1.807, 2.05) is 7.05 Å². The van der Waals surface area contributed by atoms with Gasteiger partial charge in [0, 0.05) is 59.0 Å². The third-order valence-corrected chi connectivity index (χ3v) is 5.29. The zero-order valence-electron chi connectivity index (χ0n) is 14.7. The smallest absolute Gasteiger partial charge is 0.243 e. The molecule has 2 saturated heterocycles. The molecule has 2 aliphatic heterocycles. The Morgan fingerprint density at radius 2 is 2.08 bits per heavy atom. The maximum atomic E-state index is 13.0. The van der Waals surface area contributed by atoms with Crippen LogP contribution in [0, 0.1) is 28.6 Å². The number of carbonyl (C=O) groups is 1. The Balaban J connectivity index is 1.99. The van der Waals surface area contributed by atoms with Crippen LogP contribution in [0.1, 0.15) is 12.8 Å². The van der Waals surface area contributed by atoms with Crippen molar-refractivity contribution in [1.29, 1.82) is 5.26 Å². The van der Waals surface area contributed by atoms with Gasteiger partial charge in [0.1, 0.15) is 5.41 Å². The maximum Gasteiger partial charge on any atom is 0.243 e. The highest BCUT2D eigenvalue weighted by Crippen LogP contribution is 2.35. The van der Waals surface area contributed by atoms with E-state index in [2.05, 4.69) is 11.0 Å². The quantitative estimate of drug-likeness (QED) is 0.700. The number of methoxy groups -OCH3 is 1. The molecule has 1 amide bonds. The van der Waals surface area contributed by atoms with Crippen LogP contribution in [0.2, 0.25) is 0 Å². The Kier molecular flexibility index (Phi) is 6.99. The molecule has 2 fully saturated rings. The van der Waals surface area contributed by atoms with Crippen LogP contribution < -0.4 is 0 Å². The van der Waals surface area contributed by atoms with Gasteiger partial charge in [-0.1, -0.05) is 0 Å². The lowest BCUT2D eigenvalue weighted by Gasteiger charge is -2.33. The van der Waals surface area contributed by atoms with Crippen molar-refractivity contribution in [2.75, 3.05) is 66.8 Å². The van der Waals surface area contributed by atoms with Crippen molar-refractivity contribution in [3.05, 3.63) is 0 Å². The second-order valence-electron chi connectivity index (χ2n) is 6.97. The molecule has 0 aliphatic carbocycles. The zero-order chi connectivity index (χ0) is 17.6. The van der Waals surface area contributed by atoms with Crippen LogP contribution in [0.5, 0.6) is 0 Å². The molecule has 0 aromatic rings. The molecule has 0 bridgehead atoms. The largest absolute Gasteiger partial charge is 0.396 e. The fraction of sp³-hybridized carbons (Fsp3) is 0.882. The molecule has 0 unspecified atom stereocenters. The molecule has 2 rings (SSSR count). The van der Waals surface area contributed by atoms with Crippen molar-refractivity contribution in [2.24, 2.45) is 17.3 Å². The predicted molar refractivity (Wildman–Crippen MR) is 88.1 cm³/mol. The molecular weight excluding hydrogens is 310 g/mol. The standard InChI is InChI=1S/C17H29N3O4/c1-19(5-8-23-2)9-14-10-20(11-15(14)12-21)16(22)17(13-18)3-6-24-7-4-17/h14-15,21H,3-12H2,1-2H3/t14-,15-/m1/s1. The average molecular weight is 339 g/mol. The minimum absolute atomic E-state index is 0.0644. The van der Waals surface area contributed by atoms with Gasteiger partial charge in [-0.25, -0.2) is 0 Å². The predicted octanol–water partition coefficient (Wildman–Crippen LogP) is -0.0481. The minimum Gasteiger partial charge on any atom is -0.396 e. The number of likely N-dealkylation sites (N-methyl/N-ethyl adjacent to an activating group) is 1. The van der Waals surface area contributed by atoms with Crippen molar-refractivity contribution >= 4 is 5.91 Å². The average Bonchev–Trinajstić information content (AvgIpc) is 3.02. The van der Waals surface area contributed by atoms with E-state index in [0.717, 1.165) is 13.1 Å². The summed E-state index contributed by atoms with van der Waals surface area (Å²) >= 11 is 0. The first kappa shape index (κ1) is 19.1. The molecule has 7 heteroatoms. The van der Waals surface area contributed by atoms with E-state index < -0.39 is 5.41 Å². The topological polar surface area (TPSA) is 86.0 Å². The van der Waals surface area contributed by atoms with Gasteiger partial charge in [0.2, 0.25) is 5.91 Å². The summed E-state index contributed by atoms with van der Waals surface area (Å²) in [4.78, 5) is 16.9. The van der Waals surface area contributed by atoms with Crippen molar-refractivity contribution in [1.82, 2.24) is 9.80 Å². The Morgan fingerprint density at radius 3 is 2.67 bits per heavy atom. The molecule has 0 radical (unpaired) electrons. The molecule has 0 aromatic carbocycles. The first-order valence-corrected chi connectivity index (χ1v) is 8.63. The van der Waals surface area contributed by atoms with E-state index in [-0.39, 0.29) is 24.3 Å². The Labute approximate surface area is 144 Å². The number of ether oxygens (including phenoxy) is 2. The lowest BCUT2D eigenvalue weighted by atomic mass is 9.80. The van der Waals surface area contributed by atoms with Gasteiger partial charge >= 0.3 is 0 Å². The minimum atomic E-state index is -0.949. The first-order valence-electron chi connectivity index (χ1n) is 8.63. The van der Waals surface area contributed by atoms with Crippen LogP contribution in [0.25, 0.3) is 0 Å². The SMILES string of the molecule is COCCN(C)C[C@@H]1CN(C(=O)C2(C#N)CCOCC2)C[C@@H]1CO. The van der Waals surface area contributed by atoms with Crippen LogP contribution in [0.3, 0.4) is 0 Å².